The van der Waals surface area contributed by atoms with Crippen molar-refractivity contribution in [3.05, 3.63) is 5.82 Å². The molecule has 1 aromatic heterocycles. The van der Waals surface area contributed by atoms with Crippen molar-refractivity contribution in [2.45, 2.75) is 25.9 Å². The Labute approximate surface area is 106 Å². The lowest BCUT2D eigenvalue weighted by molar-refractivity contribution is 0.195. The summed E-state index contributed by atoms with van der Waals surface area (Å²) in [5.74, 6) is 2.02. The molecule has 0 radical (unpaired) electrons. The van der Waals surface area contributed by atoms with Crippen LogP contribution in [0.25, 0.3) is 0 Å². The Balaban J connectivity index is 2.43. The first-order valence-corrected chi connectivity index (χ1v) is 7.16. The van der Waals surface area contributed by atoms with Gasteiger partial charge >= 0.3 is 0 Å². The molecule has 6 nitrogen and oxygen atoms in total. The number of aromatic nitrogens is 4. The lowest BCUT2D eigenvalue weighted by Crippen LogP contribution is -2.25. The summed E-state index contributed by atoms with van der Waals surface area (Å²) < 4.78 is 6.87. The summed E-state index contributed by atoms with van der Waals surface area (Å²) in [6.45, 7) is 4.43. The number of methoxy groups -OCH3 is 1. The number of hydrogen-bond acceptors (Lipinski definition) is 6. The minimum absolute atomic E-state index is 0.148. The van der Waals surface area contributed by atoms with Gasteiger partial charge < -0.3 is 10.1 Å². The van der Waals surface area contributed by atoms with E-state index in [1.165, 1.54) is 0 Å². The molecule has 1 aromatic rings. The molecule has 1 rings (SSSR count). The second kappa shape index (κ2) is 8.43. The largest absolute Gasteiger partial charge is 0.383 e. The Bertz CT molecular complexity index is 307. The smallest absolute Gasteiger partial charge is 0.167 e. The molecule has 0 spiro atoms. The standard InChI is InChI=1S/C10H21N5OS/c1-9(11-5-7-16-2)10-12-13-14-15(10)6-4-8-17-3/h9,11H,4-8H2,1-3H3. The highest BCUT2D eigenvalue weighted by atomic mass is 32.2. The topological polar surface area (TPSA) is 64.9 Å². The Kier molecular flexibility index (Phi) is 7.14. The summed E-state index contributed by atoms with van der Waals surface area (Å²) in [7, 11) is 1.69. The van der Waals surface area contributed by atoms with E-state index in [4.69, 9.17) is 4.74 Å². The van der Waals surface area contributed by atoms with Crippen LogP contribution in [0.4, 0.5) is 0 Å². The third kappa shape index (κ3) is 5.01. The van der Waals surface area contributed by atoms with Gasteiger partial charge in [0.2, 0.25) is 0 Å². The van der Waals surface area contributed by atoms with E-state index >= 15 is 0 Å². The monoisotopic (exact) mass is 259 g/mol. The molecule has 0 aliphatic rings. The summed E-state index contributed by atoms with van der Waals surface area (Å²) in [5, 5.41) is 15.1. The van der Waals surface area contributed by atoms with E-state index in [0.717, 1.165) is 31.1 Å². The highest BCUT2D eigenvalue weighted by molar-refractivity contribution is 7.98. The molecule has 0 aliphatic carbocycles. The Hall–Kier alpha value is -0.660. The van der Waals surface area contributed by atoms with Gasteiger partial charge in [0.05, 0.1) is 12.6 Å². The Morgan fingerprint density at radius 3 is 3.06 bits per heavy atom. The molecule has 17 heavy (non-hydrogen) atoms. The number of tetrazole rings is 1. The van der Waals surface area contributed by atoms with Gasteiger partial charge in [0, 0.05) is 20.2 Å². The van der Waals surface area contributed by atoms with Gasteiger partial charge in [0.25, 0.3) is 0 Å². The van der Waals surface area contributed by atoms with E-state index in [0.29, 0.717) is 6.61 Å². The fourth-order valence-electron chi connectivity index (χ4n) is 1.51. The van der Waals surface area contributed by atoms with Crippen molar-refractivity contribution in [3.63, 3.8) is 0 Å². The van der Waals surface area contributed by atoms with Crippen LogP contribution in [0, 0.1) is 0 Å². The molecule has 1 N–H and O–H groups in total. The predicted molar refractivity (Wildman–Crippen MR) is 69.1 cm³/mol. The highest BCUT2D eigenvalue weighted by Crippen LogP contribution is 2.08. The van der Waals surface area contributed by atoms with Gasteiger partial charge in [-0.25, -0.2) is 4.68 Å². The van der Waals surface area contributed by atoms with Crippen LogP contribution in [-0.4, -0.2) is 52.5 Å². The molecule has 0 bridgehead atoms. The fourth-order valence-corrected chi connectivity index (χ4v) is 1.93. The van der Waals surface area contributed by atoms with E-state index in [2.05, 4.69) is 34.0 Å². The SMILES string of the molecule is COCCNC(C)c1nnnn1CCCSC. The molecule has 1 unspecified atom stereocenters. The van der Waals surface area contributed by atoms with Gasteiger partial charge in [-0.3, -0.25) is 0 Å². The van der Waals surface area contributed by atoms with Crippen LogP contribution in [-0.2, 0) is 11.3 Å². The second-order valence-electron chi connectivity index (χ2n) is 3.78. The van der Waals surface area contributed by atoms with E-state index in [1.807, 2.05) is 16.4 Å². The number of rotatable bonds is 9. The molecule has 1 atom stereocenters. The van der Waals surface area contributed by atoms with E-state index < -0.39 is 0 Å². The normalized spacial score (nSPS) is 12.9. The van der Waals surface area contributed by atoms with Crippen molar-refractivity contribution >= 4 is 11.8 Å². The first kappa shape index (κ1) is 14.4. The average molecular weight is 259 g/mol. The van der Waals surface area contributed by atoms with Crippen molar-refractivity contribution in [3.8, 4) is 0 Å². The molecular weight excluding hydrogens is 238 g/mol. The number of hydrogen-bond donors (Lipinski definition) is 1. The molecule has 0 saturated heterocycles. The Morgan fingerprint density at radius 2 is 2.35 bits per heavy atom. The molecule has 0 saturated carbocycles. The Morgan fingerprint density at radius 1 is 1.53 bits per heavy atom. The maximum absolute atomic E-state index is 5.00. The predicted octanol–water partition coefficient (Wildman–Crippen LogP) is 0.723. The van der Waals surface area contributed by atoms with E-state index in [9.17, 15) is 0 Å². The summed E-state index contributed by atoms with van der Waals surface area (Å²) in [5.41, 5.74) is 0. The summed E-state index contributed by atoms with van der Waals surface area (Å²) in [4.78, 5) is 0. The van der Waals surface area contributed by atoms with Gasteiger partial charge in [-0.05, 0) is 35.8 Å². The quantitative estimate of drug-likeness (QED) is 0.659. The van der Waals surface area contributed by atoms with Crippen molar-refractivity contribution in [2.75, 3.05) is 32.3 Å². The van der Waals surface area contributed by atoms with Gasteiger partial charge in [0.1, 0.15) is 0 Å². The van der Waals surface area contributed by atoms with E-state index in [-0.39, 0.29) is 6.04 Å². The number of thioether (sulfide) groups is 1. The van der Waals surface area contributed by atoms with Crippen LogP contribution in [0.3, 0.4) is 0 Å². The van der Waals surface area contributed by atoms with Gasteiger partial charge in [-0.1, -0.05) is 0 Å². The molecule has 7 heteroatoms. The third-order valence-electron chi connectivity index (χ3n) is 2.42. The molecule has 0 fully saturated rings. The first-order chi connectivity index (χ1) is 8.29. The zero-order chi connectivity index (χ0) is 12.5. The first-order valence-electron chi connectivity index (χ1n) is 5.77. The lowest BCUT2D eigenvalue weighted by Gasteiger charge is -2.12. The summed E-state index contributed by atoms with van der Waals surface area (Å²) in [6.07, 6.45) is 3.19. The number of nitrogens with one attached hydrogen (secondary N) is 1. The lowest BCUT2D eigenvalue weighted by atomic mass is 10.3. The fraction of sp³-hybridized carbons (Fsp3) is 0.900. The third-order valence-corrected chi connectivity index (χ3v) is 3.12. The molecular formula is C10H21N5OS. The second-order valence-corrected chi connectivity index (χ2v) is 4.76. The van der Waals surface area contributed by atoms with Gasteiger partial charge in [0.15, 0.2) is 5.82 Å². The average Bonchev–Trinajstić information content (AvgIpc) is 2.78. The van der Waals surface area contributed by atoms with Crippen molar-refractivity contribution in [1.29, 1.82) is 0 Å². The molecule has 0 amide bonds. The molecule has 0 aromatic carbocycles. The number of aryl methyl sites for hydroxylation is 1. The van der Waals surface area contributed by atoms with Gasteiger partial charge in [-0.15, -0.1) is 5.10 Å². The van der Waals surface area contributed by atoms with Crippen molar-refractivity contribution < 1.29 is 4.74 Å². The maximum atomic E-state index is 5.00. The molecule has 0 aliphatic heterocycles. The van der Waals surface area contributed by atoms with Crippen LogP contribution < -0.4 is 5.32 Å². The number of ether oxygens (including phenoxy) is 1. The van der Waals surface area contributed by atoms with Crippen molar-refractivity contribution in [1.82, 2.24) is 25.5 Å². The molecule has 98 valence electrons. The number of nitrogens with zero attached hydrogens (tertiary/aromatic N) is 4. The zero-order valence-corrected chi connectivity index (χ0v) is 11.5. The minimum Gasteiger partial charge on any atom is -0.383 e. The van der Waals surface area contributed by atoms with Crippen molar-refractivity contribution in [2.24, 2.45) is 0 Å². The summed E-state index contributed by atoms with van der Waals surface area (Å²) >= 11 is 1.84. The van der Waals surface area contributed by atoms with Crippen LogP contribution >= 0.6 is 11.8 Å². The van der Waals surface area contributed by atoms with Crippen LogP contribution in [0.5, 0.6) is 0 Å². The highest BCUT2D eigenvalue weighted by Gasteiger charge is 2.13. The van der Waals surface area contributed by atoms with E-state index in [1.54, 1.807) is 7.11 Å². The van der Waals surface area contributed by atoms with Crippen LogP contribution in [0.2, 0.25) is 0 Å². The van der Waals surface area contributed by atoms with Crippen LogP contribution in [0.1, 0.15) is 25.2 Å². The molecule has 1 heterocycles. The van der Waals surface area contributed by atoms with Gasteiger partial charge in [-0.2, -0.15) is 11.8 Å². The zero-order valence-electron chi connectivity index (χ0n) is 10.7. The van der Waals surface area contributed by atoms with Crippen LogP contribution in [0.15, 0.2) is 0 Å². The summed E-state index contributed by atoms with van der Waals surface area (Å²) in [6, 6.07) is 0.148. The maximum Gasteiger partial charge on any atom is 0.167 e. The minimum atomic E-state index is 0.148.